The first kappa shape index (κ1) is 19.6. The van der Waals surface area contributed by atoms with E-state index in [2.05, 4.69) is 15.6 Å². The van der Waals surface area contributed by atoms with E-state index < -0.39 is 7.37 Å². The molecule has 0 bridgehead atoms. The summed E-state index contributed by atoms with van der Waals surface area (Å²) in [5, 5.41) is 5.81. The van der Waals surface area contributed by atoms with Crippen LogP contribution in [0.2, 0.25) is 0 Å². The Morgan fingerprint density at radius 1 is 0.833 bits per heavy atom. The Hall–Kier alpha value is -3.67. The van der Waals surface area contributed by atoms with E-state index in [0.29, 0.717) is 22.4 Å². The van der Waals surface area contributed by atoms with Gasteiger partial charge in [-0.3, -0.25) is 9.13 Å². The number of anilines is 2. The van der Waals surface area contributed by atoms with Gasteiger partial charge in [0.1, 0.15) is 0 Å². The standard InChI is InChI=1S/C22H19N4O3P/c27-21(24-17-7-3-1-4-8-17)25-18-11-13-19(14-12-18)26-16-15-23-22(26)30(28,29)20-9-5-2-6-10-20/h1-16H,(H,28,29)(H2,24,25,27). The molecule has 3 aromatic carbocycles. The van der Waals surface area contributed by atoms with Gasteiger partial charge in [0.2, 0.25) is 5.57 Å². The molecule has 0 fully saturated rings. The van der Waals surface area contributed by atoms with Crippen LogP contribution in [0.1, 0.15) is 0 Å². The van der Waals surface area contributed by atoms with Crippen molar-refractivity contribution in [2.45, 2.75) is 0 Å². The smallest absolute Gasteiger partial charge is 0.323 e. The molecule has 4 rings (SSSR count). The largest absolute Gasteiger partial charge is 0.336 e. The number of aromatic nitrogens is 2. The van der Waals surface area contributed by atoms with Crippen molar-refractivity contribution in [3.8, 4) is 5.69 Å². The van der Waals surface area contributed by atoms with Crippen LogP contribution in [0.5, 0.6) is 0 Å². The molecule has 0 spiro atoms. The number of nitrogens with zero attached hydrogens (tertiary/aromatic N) is 2. The zero-order valence-corrected chi connectivity index (χ0v) is 16.7. The minimum absolute atomic E-state index is 0.0660. The van der Waals surface area contributed by atoms with Crippen LogP contribution >= 0.6 is 7.37 Å². The number of nitrogens with one attached hydrogen (secondary N) is 2. The van der Waals surface area contributed by atoms with Crippen LogP contribution in [0.25, 0.3) is 5.69 Å². The number of carbonyl (C=O) groups excluding carboxylic acids is 1. The van der Waals surface area contributed by atoms with Crippen LogP contribution in [-0.4, -0.2) is 20.5 Å². The molecule has 0 saturated carbocycles. The van der Waals surface area contributed by atoms with Gasteiger partial charge in [0.25, 0.3) is 7.37 Å². The molecule has 8 heteroatoms. The average molecular weight is 418 g/mol. The zero-order chi connectivity index (χ0) is 21.0. The molecule has 3 N–H and O–H groups in total. The van der Waals surface area contributed by atoms with Crippen molar-refractivity contribution in [2.24, 2.45) is 0 Å². The van der Waals surface area contributed by atoms with Gasteiger partial charge in [0.05, 0.1) is 0 Å². The van der Waals surface area contributed by atoms with Crippen LogP contribution in [0.4, 0.5) is 16.2 Å². The van der Waals surface area contributed by atoms with Gasteiger partial charge < -0.3 is 15.5 Å². The van der Waals surface area contributed by atoms with Crippen LogP contribution in [-0.2, 0) is 4.57 Å². The first-order valence-corrected chi connectivity index (χ1v) is 10.9. The first-order valence-electron chi connectivity index (χ1n) is 9.20. The molecule has 4 aromatic rings. The average Bonchev–Trinajstić information content (AvgIpc) is 3.26. The van der Waals surface area contributed by atoms with E-state index in [4.69, 9.17) is 0 Å². The predicted octanol–water partition coefficient (Wildman–Crippen LogP) is 3.74. The van der Waals surface area contributed by atoms with Crippen molar-refractivity contribution in [2.75, 3.05) is 10.6 Å². The number of carbonyl (C=O) groups is 1. The highest BCUT2D eigenvalue weighted by Gasteiger charge is 2.29. The Morgan fingerprint density at radius 3 is 2.03 bits per heavy atom. The summed E-state index contributed by atoms with van der Waals surface area (Å²) in [6.07, 6.45) is 3.12. The maximum absolute atomic E-state index is 13.1. The van der Waals surface area contributed by atoms with Gasteiger partial charge in [-0.05, 0) is 48.5 Å². The number of hydrogen-bond donors (Lipinski definition) is 3. The van der Waals surface area contributed by atoms with Crippen LogP contribution in [0, 0.1) is 0 Å². The number of para-hydroxylation sites is 1. The number of benzene rings is 3. The fourth-order valence-corrected chi connectivity index (χ4v) is 4.49. The lowest BCUT2D eigenvalue weighted by atomic mass is 10.3. The summed E-state index contributed by atoms with van der Waals surface area (Å²) in [5.74, 6) is 0. The van der Waals surface area contributed by atoms with Gasteiger partial charge in [-0.2, -0.15) is 0 Å². The van der Waals surface area contributed by atoms with Gasteiger partial charge in [0.15, 0.2) is 0 Å². The lowest BCUT2D eigenvalue weighted by molar-refractivity contribution is 0.262. The monoisotopic (exact) mass is 418 g/mol. The van der Waals surface area contributed by atoms with Crippen molar-refractivity contribution < 1.29 is 14.3 Å². The van der Waals surface area contributed by atoms with E-state index >= 15 is 0 Å². The second-order valence-electron chi connectivity index (χ2n) is 6.50. The summed E-state index contributed by atoms with van der Waals surface area (Å²) in [6.45, 7) is 0. The van der Waals surface area contributed by atoms with E-state index in [1.165, 1.54) is 6.20 Å². The molecule has 0 saturated heterocycles. The van der Waals surface area contributed by atoms with Gasteiger partial charge in [-0.15, -0.1) is 0 Å². The quantitative estimate of drug-likeness (QED) is 0.430. The van der Waals surface area contributed by atoms with Crippen molar-refractivity contribution in [3.05, 3.63) is 97.3 Å². The van der Waals surface area contributed by atoms with Crippen LogP contribution < -0.4 is 21.5 Å². The van der Waals surface area contributed by atoms with E-state index in [1.807, 2.05) is 18.2 Å². The fourth-order valence-electron chi connectivity index (χ4n) is 2.99. The molecule has 0 aliphatic heterocycles. The summed E-state index contributed by atoms with van der Waals surface area (Å²) in [5.41, 5.74) is 2.00. The Labute approximate surface area is 173 Å². The Bertz CT molecular complexity index is 1190. The number of imidazole rings is 1. The normalized spacial score (nSPS) is 12.7. The Kier molecular flexibility index (Phi) is 5.48. The molecule has 2 amide bonds. The fraction of sp³-hybridized carbons (Fsp3) is 0. The molecule has 1 heterocycles. The molecular weight excluding hydrogens is 399 g/mol. The highest BCUT2D eigenvalue weighted by molar-refractivity contribution is 7.73. The van der Waals surface area contributed by atoms with Crippen molar-refractivity contribution >= 4 is 35.6 Å². The molecule has 0 radical (unpaired) electrons. The van der Waals surface area contributed by atoms with E-state index in [-0.39, 0.29) is 11.6 Å². The van der Waals surface area contributed by atoms with E-state index in [0.717, 1.165) is 0 Å². The molecule has 1 unspecified atom stereocenters. The molecule has 30 heavy (non-hydrogen) atoms. The molecule has 0 aliphatic carbocycles. The summed E-state index contributed by atoms with van der Waals surface area (Å²) in [6, 6.07) is 24.1. The summed E-state index contributed by atoms with van der Waals surface area (Å²) >= 11 is 0. The van der Waals surface area contributed by atoms with Crippen molar-refractivity contribution in [1.82, 2.24) is 9.55 Å². The van der Waals surface area contributed by atoms with Crippen molar-refractivity contribution in [3.63, 3.8) is 0 Å². The minimum atomic E-state index is -3.85. The predicted molar refractivity (Wildman–Crippen MR) is 118 cm³/mol. The van der Waals surface area contributed by atoms with Gasteiger partial charge in [0, 0.05) is 34.8 Å². The molecule has 1 atom stereocenters. The Morgan fingerprint density at radius 2 is 1.40 bits per heavy atom. The summed E-state index contributed by atoms with van der Waals surface area (Å²) in [7, 11) is -3.85. The molecular formula is C22H19N4O3P. The third-order valence-corrected chi connectivity index (χ3v) is 6.30. The van der Waals surface area contributed by atoms with Gasteiger partial charge >= 0.3 is 6.03 Å². The van der Waals surface area contributed by atoms with E-state index in [1.54, 1.807) is 77.5 Å². The number of urea groups is 1. The lowest BCUT2D eigenvalue weighted by Crippen LogP contribution is -2.24. The summed E-state index contributed by atoms with van der Waals surface area (Å²) < 4.78 is 14.6. The maximum Gasteiger partial charge on any atom is 0.323 e. The zero-order valence-electron chi connectivity index (χ0n) is 15.8. The van der Waals surface area contributed by atoms with E-state index in [9.17, 15) is 14.3 Å². The highest BCUT2D eigenvalue weighted by atomic mass is 31.2. The second-order valence-corrected chi connectivity index (χ2v) is 8.57. The SMILES string of the molecule is O=C(Nc1ccccc1)Nc1ccc(-n2ccnc2P(=O)(O)c2ccccc2)cc1. The van der Waals surface area contributed by atoms with Gasteiger partial charge in [-0.25, -0.2) is 9.78 Å². The highest BCUT2D eigenvalue weighted by Crippen LogP contribution is 2.37. The second kappa shape index (κ2) is 8.37. The third kappa shape index (κ3) is 4.17. The molecule has 150 valence electrons. The molecule has 7 nitrogen and oxygen atoms in total. The minimum Gasteiger partial charge on any atom is -0.336 e. The molecule has 0 aliphatic rings. The third-order valence-electron chi connectivity index (χ3n) is 4.43. The van der Waals surface area contributed by atoms with Crippen molar-refractivity contribution in [1.29, 1.82) is 0 Å². The number of rotatable bonds is 5. The summed E-state index contributed by atoms with van der Waals surface area (Å²) in [4.78, 5) is 27.0. The Balaban J connectivity index is 1.52. The number of hydrogen-bond acceptors (Lipinski definition) is 3. The van der Waals surface area contributed by atoms with Crippen LogP contribution in [0.3, 0.4) is 0 Å². The number of amides is 2. The topological polar surface area (TPSA) is 96.3 Å². The maximum atomic E-state index is 13.1. The first-order chi connectivity index (χ1) is 14.5. The van der Waals surface area contributed by atoms with Crippen LogP contribution in [0.15, 0.2) is 97.3 Å². The molecule has 1 aromatic heterocycles. The van der Waals surface area contributed by atoms with Gasteiger partial charge in [-0.1, -0.05) is 36.4 Å². The lowest BCUT2D eigenvalue weighted by Gasteiger charge is -2.14.